The summed E-state index contributed by atoms with van der Waals surface area (Å²) in [5.41, 5.74) is 0.205. The number of nitrogens with one attached hydrogen (secondary N) is 1. The van der Waals surface area contributed by atoms with Gasteiger partial charge in [-0.1, -0.05) is 11.6 Å². The molecule has 1 aromatic rings. The maximum Gasteiger partial charge on any atom is 0.326 e. The Morgan fingerprint density at radius 1 is 1.17 bits per heavy atom. The number of benzene rings is 1. The highest BCUT2D eigenvalue weighted by Crippen LogP contribution is 2.09. The zero-order valence-corrected chi connectivity index (χ0v) is 9.85. The zero-order chi connectivity index (χ0) is 13.7. The lowest BCUT2D eigenvalue weighted by molar-refractivity contribution is -0.145. The average Bonchev–Trinajstić information content (AvgIpc) is 2.28. The van der Waals surface area contributed by atoms with Gasteiger partial charge in [0.15, 0.2) is 0 Å². The minimum Gasteiger partial charge on any atom is -0.481 e. The minimum absolute atomic E-state index is 0.205. The number of rotatable bonds is 5. The molecule has 0 aromatic heterocycles. The second-order valence-electron chi connectivity index (χ2n) is 3.47. The number of carboxylic acids is 2. The van der Waals surface area contributed by atoms with Gasteiger partial charge in [-0.15, -0.1) is 0 Å². The monoisotopic (exact) mass is 271 g/mol. The van der Waals surface area contributed by atoms with Crippen LogP contribution in [-0.4, -0.2) is 34.1 Å². The summed E-state index contributed by atoms with van der Waals surface area (Å²) in [6.45, 7) is 0. The number of carbonyl (C=O) groups is 3. The summed E-state index contributed by atoms with van der Waals surface area (Å²) in [6.07, 6.45) is -0.686. The first-order valence-corrected chi connectivity index (χ1v) is 5.29. The molecule has 0 aliphatic carbocycles. The summed E-state index contributed by atoms with van der Waals surface area (Å²) in [7, 11) is 0. The molecule has 96 valence electrons. The molecule has 0 saturated carbocycles. The maximum atomic E-state index is 11.6. The Labute approximate surface area is 107 Å². The quantitative estimate of drug-likeness (QED) is 0.741. The molecule has 1 atom stereocenters. The van der Waals surface area contributed by atoms with E-state index < -0.39 is 30.3 Å². The molecule has 0 heterocycles. The molecule has 18 heavy (non-hydrogen) atoms. The van der Waals surface area contributed by atoms with Crippen LogP contribution in [0.25, 0.3) is 0 Å². The van der Waals surface area contributed by atoms with Crippen LogP contribution < -0.4 is 5.32 Å². The SMILES string of the molecule is O=C(O)C[C@@H](NC(=O)c1ccc(Cl)cc1)C(=O)O. The standard InChI is InChI=1S/C11H10ClNO5/c12-7-3-1-6(2-4-7)10(16)13-8(11(17)18)5-9(14)15/h1-4,8H,5H2,(H,13,16)(H,14,15)(H,17,18)/t8-/m1/s1. The van der Waals surface area contributed by atoms with Crippen LogP contribution in [0.2, 0.25) is 5.02 Å². The van der Waals surface area contributed by atoms with Crippen LogP contribution in [-0.2, 0) is 9.59 Å². The van der Waals surface area contributed by atoms with E-state index in [1.165, 1.54) is 24.3 Å². The highest BCUT2D eigenvalue weighted by molar-refractivity contribution is 6.30. The number of halogens is 1. The van der Waals surface area contributed by atoms with Gasteiger partial charge < -0.3 is 15.5 Å². The molecular formula is C11H10ClNO5. The van der Waals surface area contributed by atoms with Gasteiger partial charge in [-0.05, 0) is 24.3 Å². The van der Waals surface area contributed by atoms with Crippen molar-refractivity contribution in [3.8, 4) is 0 Å². The van der Waals surface area contributed by atoms with Crippen molar-refractivity contribution in [2.24, 2.45) is 0 Å². The van der Waals surface area contributed by atoms with Gasteiger partial charge in [0, 0.05) is 10.6 Å². The molecule has 0 saturated heterocycles. The Balaban J connectivity index is 2.75. The maximum absolute atomic E-state index is 11.6. The number of amides is 1. The van der Waals surface area contributed by atoms with E-state index in [0.29, 0.717) is 5.02 Å². The Morgan fingerprint density at radius 2 is 1.72 bits per heavy atom. The van der Waals surface area contributed by atoms with Crippen molar-refractivity contribution < 1.29 is 24.6 Å². The van der Waals surface area contributed by atoms with Crippen molar-refractivity contribution in [2.45, 2.75) is 12.5 Å². The van der Waals surface area contributed by atoms with E-state index in [1.54, 1.807) is 0 Å². The number of aliphatic carboxylic acids is 2. The molecule has 6 nitrogen and oxygen atoms in total. The number of carboxylic acid groups (broad SMARTS) is 2. The molecule has 0 bridgehead atoms. The fourth-order valence-corrected chi connectivity index (χ4v) is 1.34. The predicted molar refractivity (Wildman–Crippen MR) is 62.6 cm³/mol. The molecule has 1 aromatic carbocycles. The molecule has 0 radical (unpaired) electrons. The second-order valence-corrected chi connectivity index (χ2v) is 3.91. The van der Waals surface area contributed by atoms with E-state index in [9.17, 15) is 14.4 Å². The topological polar surface area (TPSA) is 104 Å². The van der Waals surface area contributed by atoms with Gasteiger partial charge in [0.1, 0.15) is 6.04 Å². The molecule has 7 heteroatoms. The fraction of sp³-hybridized carbons (Fsp3) is 0.182. The molecule has 0 spiro atoms. The molecule has 0 unspecified atom stereocenters. The smallest absolute Gasteiger partial charge is 0.326 e. The van der Waals surface area contributed by atoms with Gasteiger partial charge in [-0.2, -0.15) is 0 Å². The van der Waals surface area contributed by atoms with Gasteiger partial charge in [-0.25, -0.2) is 4.79 Å². The van der Waals surface area contributed by atoms with E-state index >= 15 is 0 Å². The minimum atomic E-state index is -1.47. The van der Waals surface area contributed by atoms with Crippen molar-refractivity contribution in [3.63, 3.8) is 0 Å². The van der Waals surface area contributed by atoms with E-state index in [-0.39, 0.29) is 5.56 Å². The van der Waals surface area contributed by atoms with Crippen molar-refractivity contribution in [2.75, 3.05) is 0 Å². The van der Waals surface area contributed by atoms with Gasteiger partial charge >= 0.3 is 11.9 Å². The van der Waals surface area contributed by atoms with Gasteiger partial charge in [0.25, 0.3) is 5.91 Å². The van der Waals surface area contributed by atoms with Gasteiger partial charge in [-0.3, -0.25) is 9.59 Å². The number of hydrogen-bond acceptors (Lipinski definition) is 3. The van der Waals surface area contributed by atoms with Crippen LogP contribution in [0.15, 0.2) is 24.3 Å². The van der Waals surface area contributed by atoms with Crippen LogP contribution in [0, 0.1) is 0 Å². The Bertz CT molecular complexity index is 471. The summed E-state index contributed by atoms with van der Waals surface area (Å²) >= 11 is 5.64. The lowest BCUT2D eigenvalue weighted by Gasteiger charge is -2.12. The molecule has 0 aliphatic rings. The molecule has 0 fully saturated rings. The van der Waals surface area contributed by atoms with Crippen molar-refractivity contribution in [3.05, 3.63) is 34.9 Å². The van der Waals surface area contributed by atoms with Crippen molar-refractivity contribution >= 4 is 29.4 Å². The summed E-state index contributed by atoms with van der Waals surface area (Å²) in [4.78, 5) is 32.8. The molecular weight excluding hydrogens is 262 g/mol. The van der Waals surface area contributed by atoms with Crippen molar-refractivity contribution in [1.82, 2.24) is 5.32 Å². The Morgan fingerprint density at radius 3 is 2.17 bits per heavy atom. The van der Waals surface area contributed by atoms with E-state index in [2.05, 4.69) is 5.32 Å². The molecule has 1 amide bonds. The zero-order valence-electron chi connectivity index (χ0n) is 9.09. The Hall–Kier alpha value is -2.08. The normalized spacial score (nSPS) is 11.6. The fourth-order valence-electron chi connectivity index (χ4n) is 1.22. The van der Waals surface area contributed by atoms with Crippen molar-refractivity contribution in [1.29, 1.82) is 0 Å². The summed E-state index contributed by atoms with van der Waals surface area (Å²) < 4.78 is 0. The van der Waals surface area contributed by atoms with E-state index in [4.69, 9.17) is 21.8 Å². The second kappa shape index (κ2) is 6.02. The third-order valence-corrected chi connectivity index (χ3v) is 2.34. The summed E-state index contributed by atoms with van der Waals surface area (Å²) in [5, 5.41) is 19.8. The third-order valence-electron chi connectivity index (χ3n) is 2.09. The average molecular weight is 272 g/mol. The third kappa shape index (κ3) is 4.06. The highest BCUT2D eigenvalue weighted by Gasteiger charge is 2.23. The van der Waals surface area contributed by atoms with Crippen LogP contribution in [0.1, 0.15) is 16.8 Å². The predicted octanol–water partition coefficient (Wildman–Crippen LogP) is 0.998. The van der Waals surface area contributed by atoms with Gasteiger partial charge in [0.05, 0.1) is 6.42 Å². The van der Waals surface area contributed by atoms with Gasteiger partial charge in [0.2, 0.25) is 0 Å². The number of carbonyl (C=O) groups excluding carboxylic acids is 1. The van der Waals surface area contributed by atoms with Crippen LogP contribution in [0.3, 0.4) is 0 Å². The summed E-state index contributed by atoms with van der Waals surface area (Å²) in [6, 6.07) is 4.31. The van der Waals surface area contributed by atoms with Crippen LogP contribution >= 0.6 is 11.6 Å². The largest absolute Gasteiger partial charge is 0.481 e. The Kier molecular flexibility index (Phi) is 4.67. The molecule has 1 rings (SSSR count). The first-order chi connectivity index (χ1) is 8.40. The highest BCUT2D eigenvalue weighted by atomic mass is 35.5. The molecule has 3 N–H and O–H groups in total. The van der Waals surface area contributed by atoms with Crippen LogP contribution in [0.4, 0.5) is 0 Å². The lowest BCUT2D eigenvalue weighted by Crippen LogP contribution is -2.42. The first kappa shape index (κ1) is 14.0. The van der Waals surface area contributed by atoms with Crippen LogP contribution in [0.5, 0.6) is 0 Å². The van der Waals surface area contributed by atoms with E-state index in [0.717, 1.165) is 0 Å². The summed E-state index contributed by atoms with van der Waals surface area (Å²) in [5.74, 6) is -3.38. The first-order valence-electron chi connectivity index (χ1n) is 4.91. The van der Waals surface area contributed by atoms with E-state index in [1.807, 2.05) is 0 Å². The lowest BCUT2D eigenvalue weighted by atomic mass is 10.1. The molecule has 0 aliphatic heterocycles. The number of hydrogen-bond donors (Lipinski definition) is 3.